The topological polar surface area (TPSA) is 84.9 Å². The smallest absolute Gasteiger partial charge is 0.240 e. The van der Waals surface area contributed by atoms with Crippen LogP contribution in [-0.2, 0) is 38.9 Å². The van der Waals surface area contributed by atoms with Gasteiger partial charge >= 0.3 is 0 Å². The molecular formula is C29H39ClN2O5S. The standard InChI is InChI=1S/C29H39ClN2O5S/c1-3-13-31-38(34,35)27-11-9-22-17-26(18-23(22)19-27)32(29(33)21-7-5-4-6-8-21)20-24-16-25(30)10-12-28(24)37-15-14-36-2/h9-12,16,19,21,26,31H,3-8,13-15,17-18,20H2,1-2H3. The van der Waals surface area contributed by atoms with Gasteiger partial charge in [0.15, 0.2) is 0 Å². The second-order valence-electron chi connectivity index (χ2n) is 10.3. The maximum absolute atomic E-state index is 14.0. The molecule has 0 heterocycles. The zero-order valence-electron chi connectivity index (χ0n) is 22.4. The molecule has 0 saturated heterocycles. The summed E-state index contributed by atoms with van der Waals surface area (Å²) in [6.07, 6.45) is 7.18. The molecule has 38 heavy (non-hydrogen) atoms. The van der Waals surface area contributed by atoms with Gasteiger partial charge in [-0.2, -0.15) is 0 Å². The fourth-order valence-electron chi connectivity index (χ4n) is 5.48. The number of halogens is 1. The first-order chi connectivity index (χ1) is 18.3. The van der Waals surface area contributed by atoms with Crippen molar-refractivity contribution in [1.82, 2.24) is 9.62 Å². The molecule has 0 spiro atoms. The molecule has 208 valence electrons. The highest BCUT2D eigenvalue weighted by molar-refractivity contribution is 7.89. The van der Waals surface area contributed by atoms with Crippen molar-refractivity contribution in [2.45, 2.75) is 75.8 Å². The highest BCUT2D eigenvalue weighted by Crippen LogP contribution is 2.34. The molecule has 2 aliphatic carbocycles. The third kappa shape index (κ3) is 7.08. The summed E-state index contributed by atoms with van der Waals surface area (Å²) in [5.41, 5.74) is 2.94. The van der Waals surface area contributed by atoms with Gasteiger partial charge in [0, 0.05) is 42.7 Å². The molecule has 7 nitrogen and oxygen atoms in total. The van der Waals surface area contributed by atoms with Crippen molar-refractivity contribution < 1.29 is 22.7 Å². The highest BCUT2D eigenvalue weighted by atomic mass is 35.5. The van der Waals surface area contributed by atoms with E-state index in [2.05, 4.69) is 4.72 Å². The van der Waals surface area contributed by atoms with E-state index in [0.29, 0.717) is 49.9 Å². The summed E-state index contributed by atoms with van der Waals surface area (Å²) < 4.78 is 39.2. The summed E-state index contributed by atoms with van der Waals surface area (Å²) in [5.74, 6) is 0.875. The lowest BCUT2D eigenvalue weighted by Crippen LogP contribution is -2.44. The van der Waals surface area contributed by atoms with Crippen LogP contribution >= 0.6 is 11.6 Å². The van der Waals surface area contributed by atoms with Gasteiger partial charge in [0.1, 0.15) is 12.4 Å². The Kier molecular flexibility index (Phi) is 10.1. The van der Waals surface area contributed by atoms with E-state index in [-0.39, 0.29) is 22.8 Å². The Hall–Kier alpha value is -2.13. The van der Waals surface area contributed by atoms with Crippen molar-refractivity contribution in [3.63, 3.8) is 0 Å². The number of rotatable bonds is 12. The van der Waals surface area contributed by atoms with E-state index in [0.717, 1.165) is 48.8 Å². The number of methoxy groups -OCH3 is 1. The van der Waals surface area contributed by atoms with E-state index in [4.69, 9.17) is 21.1 Å². The van der Waals surface area contributed by atoms with E-state index in [1.807, 2.05) is 30.0 Å². The van der Waals surface area contributed by atoms with Crippen molar-refractivity contribution in [3.05, 3.63) is 58.1 Å². The van der Waals surface area contributed by atoms with Crippen molar-refractivity contribution in [2.24, 2.45) is 5.92 Å². The van der Waals surface area contributed by atoms with Crippen molar-refractivity contribution in [2.75, 3.05) is 26.9 Å². The normalized spacial score (nSPS) is 17.8. The molecule has 1 atom stereocenters. The Balaban J connectivity index is 1.60. The van der Waals surface area contributed by atoms with Crippen molar-refractivity contribution in [1.29, 1.82) is 0 Å². The first-order valence-corrected chi connectivity index (χ1v) is 15.5. The predicted octanol–water partition coefficient (Wildman–Crippen LogP) is 5.13. The number of carbonyl (C=O) groups is 1. The SMILES string of the molecule is CCCNS(=O)(=O)c1ccc2c(c1)CC(N(Cc1cc(Cl)ccc1OCCOC)C(=O)C1CCCCC1)C2. The Morgan fingerprint density at radius 3 is 2.55 bits per heavy atom. The molecule has 2 aromatic carbocycles. The molecular weight excluding hydrogens is 524 g/mol. The molecule has 1 N–H and O–H groups in total. The largest absolute Gasteiger partial charge is 0.491 e. The molecule has 2 aliphatic rings. The lowest BCUT2D eigenvalue weighted by atomic mass is 9.87. The molecule has 0 bridgehead atoms. The number of fused-ring (bicyclic) bond motifs is 1. The summed E-state index contributed by atoms with van der Waals surface area (Å²) in [7, 11) is -1.93. The summed E-state index contributed by atoms with van der Waals surface area (Å²) >= 11 is 6.37. The zero-order valence-corrected chi connectivity index (χ0v) is 24.0. The number of benzene rings is 2. The van der Waals surface area contributed by atoms with Crippen LogP contribution in [0.3, 0.4) is 0 Å². The first-order valence-electron chi connectivity index (χ1n) is 13.6. The molecule has 4 rings (SSSR count). The van der Waals surface area contributed by atoms with Crippen molar-refractivity contribution >= 4 is 27.5 Å². The second kappa shape index (κ2) is 13.3. The highest BCUT2D eigenvalue weighted by Gasteiger charge is 2.35. The van der Waals surface area contributed by atoms with Crippen LogP contribution in [0.4, 0.5) is 0 Å². The summed E-state index contributed by atoms with van der Waals surface area (Å²) in [6, 6.07) is 10.8. The number of ether oxygens (including phenoxy) is 2. The zero-order chi connectivity index (χ0) is 27.1. The first kappa shape index (κ1) is 28.9. The summed E-state index contributed by atoms with van der Waals surface area (Å²) in [6.45, 7) is 3.59. The van der Waals surface area contributed by atoms with E-state index in [1.165, 1.54) is 6.42 Å². The van der Waals surface area contributed by atoms with Crippen LogP contribution < -0.4 is 9.46 Å². The molecule has 1 unspecified atom stereocenters. The predicted molar refractivity (Wildman–Crippen MR) is 149 cm³/mol. The van der Waals surface area contributed by atoms with Crippen LogP contribution in [0.5, 0.6) is 5.75 Å². The van der Waals surface area contributed by atoms with Crippen LogP contribution in [0.2, 0.25) is 5.02 Å². The fraction of sp³-hybridized carbons (Fsp3) is 0.552. The molecule has 0 aliphatic heterocycles. The fourth-order valence-corrected chi connectivity index (χ4v) is 6.86. The van der Waals surface area contributed by atoms with Gasteiger partial charge in [-0.25, -0.2) is 13.1 Å². The number of amides is 1. The average molecular weight is 563 g/mol. The molecule has 1 amide bonds. The number of carbonyl (C=O) groups excluding carboxylic acids is 1. The van der Waals surface area contributed by atoms with Gasteiger partial charge < -0.3 is 14.4 Å². The van der Waals surface area contributed by atoms with Gasteiger partial charge in [-0.05, 0) is 73.6 Å². The minimum atomic E-state index is -3.56. The minimum Gasteiger partial charge on any atom is -0.491 e. The third-order valence-corrected chi connectivity index (χ3v) is 9.22. The Morgan fingerprint density at radius 2 is 1.82 bits per heavy atom. The number of nitrogens with one attached hydrogen (secondary N) is 1. The van der Waals surface area contributed by atoms with Gasteiger partial charge in [-0.1, -0.05) is 43.9 Å². The Labute approximate surface area is 231 Å². The van der Waals surface area contributed by atoms with Gasteiger partial charge in [0.05, 0.1) is 11.5 Å². The monoisotopic (exact) mass is 562 g/mol. The summed E-state index contributed by atoms with van der Waals surface area (Å²) in [5, 5.41) is 0.591. The van der Waals surface area contributed by atoms with Gasteiger partial charge in [-0.15, -0.1) is 0 Å². The molecule has 0 radical (unpaired) electrons. The third-order valence-electron chi connectivity index (χ3n) is 7.53. The minimum absolute atomic E-state index is 0.0127. The van der Waals surface area contributed by atoms with Gasteiger partial charge in [0.25, 0.3) is 0 Å². The van der Waals surface area contributed by atoms with Crippen LogP contribution in [0.25, 0.3) is 0 Å². The van der Waals surface area contributed by atoms with E-state index in [9.17, 15) is 13.2 Å². The number of sulfonamides is 1. The van der Waals surface area contributed by atoms with E-state index >= 15 is 0 Å². The molecule has 2 aromatic rings. The van der Waals surface area contributed by atoms with E-state index in [1.54, 1.807) is 25.3 Å². The van der Waals surface area contributed by atoms with Crippen molar-refractivity contribution in [3.8, 4) is 5.75 Å². The Morgan fingerprint density at radius 1 is 1.05 bits per heavy atom. The van der Waals surface area contributed by atoms with Crippen LogP contribution in [0, 0.1) is 5.92 Å². The number of hydrogen-bond donors (Lipinski definition) is 1. The maximum Gasteiger partial charge on any atom is 0.240 e. The van der Waals surface area contributed by atoms with Gasteiger partial charge in [0.2, 0.25) is 15.9 Å². The Bertz CT molecular complexity index is 1210. The molecule has 1 fully saturated rings. The molecule has 0 aromatic heterocycles. The second-order valence-corrected chi connectivity index (χ2v) is 12.5. The van der Waals surface area contributed by atoms with E-state index < -0.39 is 10.0 Å². The number of nitrogens with zero attached hydrogens (tertiary/aromatic N) is 1. The lowest BCUT2D eigenvalue weighted by molar-refractivity contribution is -0.139. The molecule has 9 heteroatoms. The quantitative estimate of drug-likeness (QED) is 0.363. The van der Waals surface area contributed by atoms with Crippen LogP contribution in [0.1, 0.15) is 62.1 Å². The van der Waals surface area contributed by atoms with Gasteiger partial charge in [-0.3, -0.25) is 4.79 Å². The lowest BCUT2D eigenvalue weighted by Gasteiger charge is -2.34. The summed E-state index contributed by atoms with van der Waals surface area (Å²) in [4.78, 5) is 16.2. The average Bonchev–Trinajstić information content (AvgIpc) is 3.35. The number of hydrogen-bond acceptors (Lipinski definition) is 5. The van der Waals surface area contributed by atoms with Crippen LogP contribution in [0.15, 0.2) is 41.3 Å². The van der Waals surface area contributed by atoms with Crippen LogP contribution in [-0.4, -0.2) is 52.1 Å². The maximum atomic E-state index is 14.0. The molecule has 1 saturated carbocycles.